The summed E-state index contributed by atoms with van der Waals surface area (Å²) in [5.74, 6) is -0.914. The fraction of sp³-hybridized carbons (Fsp3) is 0.679. The first-order valence-electron chi connectivity index (χ1n) is 27.6. The standard InChI is InChI=1S/C56H80N10O7/c1-8-64-48-15-14-39-25-43(48)45(51(64)44-26-40(29-57-49(44)37(4)70-7)61-21-19-60(20-22-61)38-12-13-38)28-55(5,6)35-73-54(69)46-11-9-18-66(59-46)53(68)47(27-42-30-62(39)23-24-72-42)58-52(67)50(36(2)3)65-17-10-16-56(65)33-63(34-56)41-31-71-32-41/h14-15,25-26,29,37-38,41-42,46-47,59H,8-13,16-24,27-28,30-35H2,1-7H3,(H,58,67)/t37-,42-,46-,47-/m0/s1. The number of likely N-dealkylation sites (tertiary alicyclic amines) is 2. The van der Waals surface area contributed by atoms with Crippen LogP contribution in [0.15, 0.2) is 41.7 Å². The highest BCUT2D eigenvalue weighted by molar-refractivity contribution is 5.98. The van der Waals surface area contributed by atoms with E-state index in [-0.39, 0.29) is 48.6 Å². The number of anilines is 2. The van der Waals surface area contributed by atoms with Crippen molar-refractivity contribution >= 4 is 40.1 Å². The molecule has 1 aliphatic carbocycles. The van der Waals surface area contributed by atoms with E-state index in [4.69, 9.17) is 23.9 Å². The molecule has 4 atom stereocenters. The van der Waals surface area contributed by atoms with Gasteiger partial charge in [-0.2, -0.15) is 0 Å². The lowest BCUT2D eigenvalue weighted by atomic mass is 9.84. The molecule has 3 aromatic rings. The molecule has 6 bridgehead atoms. The maximum atomic E-state index is 14.9. The van der Waals surface area contributed by atoms with E-state index < -0.39 is 17.5 Å². The summed E-state index contributed by atoms with van der Waals surface area (Å²) in [6.45, 7) is 23.8. The van der Waals surface area contributed by atoms with Crippen LogP contribution in [0.25, 0.3) is 22.2 Å². The van der Waals surface area contributed by atoms with Crippen LogP contribution in [0.3, 0.4) is 0 Å². The minimum atomic E-state index is -0.916. The van der Waals surface area contributed by atoms with Gasteiger partial charge in [0.25, 0.3) is 11.8 Å². The zero-order chi connectivity index (χ0) is 50.8. The minimum Gasteiger partial charge on any atom is -0.464 e. The van der Waals surface area contributed by atoms with Gasteiger partial charge in [-0.1, -0.05) is 13.8 Å². The first-order chi connectivity index (χ1) is 35.2. The summed E-state index contributed by atoms with van der Waals surface area (Å²) < 4.78 is 26.8. The lowest BCUT2D eigenvalue weighted by Crippen LogP contribution is -2.72. The third-order valence-electron chi connectivity index (χ3n) is 17.4. The van der Waals surface area contributed by atoms with Crippen LogP contribution in [0.2, 0.25) is 0 Å². The second-order valence-corrected chi connectivity index (χ2v) is 23.4. The SMILES string of the molecule is CCn1c(-c2cc(N3CCN(C4CC4)CC3)cnc2[C@H](C)OC)c2c3cc(ccc31)N1CCO[C@@H](C[C@H](NC(=O)C(=C(C)C)N3CCCC34CN(C3COC3)C4)C(=O)N3CCC[C@H](N3)C(=O)OCC(C)(C)C2)C1. The number of aryl methyl sites for hydroxylation is 1. The summed E-state index contributed by atoms with van der Waals surface area (Å²) in [5, 5.41) is 5.97. The number of nitrogens with zero attached hydrogens (tertiary/aromatic N) is 8. The van der Waals surface area contributed by atoms with Crippen LogP contribution in [0.4, 0.5) is 11.4 Å². The van der Waals surface area contributed by atoms with Crippen molar-refractivity contribution in [3.63, 3.8) is 0 Å². The monoisotopic (exact) mass is 1000 g/mol. The number of nitrogens with one attached hydrogen (secondary N) is 2. The molecular weight excluding hydrogens is 925 g/mol. The predicted molar refractivity (Wildman–Crippen MR) is 281 cm³/mol. The van der Waals surface area contributed by atoms with Gasteiger partial charge in [-0.15, -0.1) is 0 Å². The molecule has 17 heteroatoms. The van der Waals surface area contributed by atoms with Gasteiger partial charge in [-0.05, 0) is 108 Å². The topological polar surface area (TPSA) is 149 Å². The number of piperazine rings is 1. The number of fused-ring (bicyclic) bond motifs is 6. The number of rotatable bonds is 10. The third-order valence-corrected chi connectivity index (χ3v) is 17.4. The molecule has 9 heterocycles. The summed E-state index contributed by atoms with van der Waals surface area (Å²) in [4.78, 5) is 61.6. The first kappa shape index (κ1) is 50.4. The molecule has 2 aromatic heterocycles. The largest absolute Gasteiger partial charge is 0.464 e. The van der Waals surface area contributed by atoms with Crippen LogP contribution in [0.1, 0.15) is 104 Å². The molecule has 6 saturated heterocycles. The number of esters is 1. The number of allylic oxidation sites excluding steroid dienone is 1. The Balaban J connectivity index is 0.942. The van der Waals surface area contributed by atoms with E-state index in [0.717, 1.165) is 129 Å². The summed E-state index contributed by atoms with van der Waals surface area (Å²) >= 11 is 0. The Morgan fingerprint density at radius 2 is 1.74 bits per heavy atom. The van der Waals surface area contributed by atoms with Crippen molar-refractivity contribution in [2.24, 2.45) is 5.41 Å². The molecule has 1 saturated carbocycles. The minimum absolute atomic E-state index is 0.110. The number of aromatic nitrogens is 2. The summed E-state index contributed by atoms with van der Waals surface area (Å²) in [7, 11) is 1.75. The first-order valence-corrected chi connectivity index (χ1v) is 27.6. The number of methoxy groups -OCH3 is 1. The van der Waals surface area contributed by atoms with Gasteiger partial charge >= 0.3 is 5.97 Å². The van der Waals surface area contributed by atoms with Crippen molar-refractivity contribution in [1.29, 1.82) is 0 Å². The number of amides is 2. The second kappa shape index (κ2) is 20.4. The number of hydrogen-bond acceptors (Lipinski definition) is 14. The van der Waals surface area contributed by atoms with Gasteiger partial charge in [-0.25, -0.2) is 5.43 Å². The van der Waals surface area contributed by atoms with Gasteiger partial charge < -0.3 is 43.5 Å². The fourth-order valence-corrected chi connectivity index (χ4v) is 13.1. The van der Waals surface area contributed by atoms with Crippen molar-refractivity contribution in [3.05, 3.63) is 53.0 Å². The second-order valence-electron chi connectivity index (χ2n) is 23.4. The van der Waals surface area contributed by atoms with E-state index in [2.05, 4.69) is 91.8 Å². The molecule has 7 aliphatic heterocycles. The van der Waals surface area contributed by atoms with Crippen LogP contribution in [-0.2, 0) is 46.3 Å². The molecule has 8 aliphatic rings. The van der Waals surface area contributed by atoms with Crippen molar-refractivity contribution in [3.8, 4) is 11.3 Å². The Labute approximate surface area is 431 Å². The van der Waals surface area contributed by atoms with Crippen molar-refractivity contribution < 1.29 is 33.3 Å². The van der Waals surface area contributed by atoms with Crippen LogP contribution in [0, 0.1) is 5.41 Å². The molecular formula is C56H80N10O7. The van der Waals surface area contributed by atoms with E-state index in [9.17, 15) is 14.4 Å². The van der Waals surface area contributed by atoms with Crippen LogP contribution in [-0.4, -0.2) is 182 Å². The molecule has 11 rings (SSSR count). The Hall–Kier alpha value is -4.78. The molecule has 1 spiro atoms. The molecule has 73 heavy (non-hydrogen) atoms. The zero-order valence-corrected chi connectivity index (χ0v) is 44.5. The Kier molecular flexibility index (Phi) is 14.1. The smallest absolute Gasteiger partial charge is 0.324 e. The number of hydrazine groups is 1. The van der Waals surface area contributed by atoms with E-state index in [1.165, 1.54) is 18.4 Å². The van der Waals surface area contributed by atoms with Crippen LogP contribution in [0.5, 0.6) is 0 Å². The average Bonchev–Trinajstić information content (AvgIpc) is 4.07. The van der Waals surface area contributed by atoms with Crippen LogP contribution >= 0.6 is 0 Å². The number of hydrogen-bond donors (Lipinski definition) is 2. The van der Waals surface area contributed by atoms with Gasteiger partial charge in [-0.3, -0.25) is 34.2 Å². The molecule has 7 fully saturated rings. The molecule has 2 amide bonds. The predicted octanol–water partition coefficient (Wildman–Crippen LogP) is 5.26. The molecule has 1 aromatic carbocycles. The number of benzene rings is 1. The average molecular weight is 1010 g/mol. The van der Waals surface area contributed by atoms with Gasteiger partial charge in [0.05, 0.1) is 73.5 Å². The van der Waals surface area contributed by atoms with E-state index in [0.29, 0.717) is 57.2 Å². The summed E-state index contributed by atoms with van der Waals surface area (Å²) in [6, 6.07) is 8.72. The van der Waals surface area contributed by atoms with E-state index in [1.54, 1.807) is 12.1 Å². The number of cyclic esters (lactones) is 1. The lowest BCUT2D eigenvalue weighted by molar-refractivity contribution is -0.155. The molecule has 0 radical (unpaired) electrons. The van der Waals surface area contributed by atoms with Crippen molar-refractivity contribution in [2.45, 2.75) is 141 Å². The van der Waals surface area contributed by atoms with Gasteiger partial charge in [0, 0.05) is 119 Å². The number of ether oxygens (including phenoxy) is 4. The number of morpholine rings is 1. The fourth-order valence-electron chi connectivity index (χ4n) is 13.1. The highest BCUT2D eigenvalue weighted by atomic mass is 16.5. The van der Waals surface area contributed by atoms with Crippen LogP contribution < -0.4 is 20.5 Å². The lowest BCUT2D eigenvalue weighted by Gasteiger charge is -2.57. The maximum Gasteiger partial charge on any atom is 0.324 e. The summed E-state index contributed by atoms with van der Waals surface area (Å²) in [6.07, 6.45) is 8.11. The summed E-state index contributed by atoms with van der Waals surface area (Å²) in [5.41, 5.74) is 11.8. The normalized spacial score (nSPS) is 26.6. The Morgan fingerprint density at radius 1 is 0.945 bits per heavy atom. The van der Waals surface area contributed by atoms with Crippen molar-refractivity contribution in [1.82, 2.24) is 40.0 Å². The molecule has 396 valence electrons. The number of carbonyl (C=O) groups is 3. The molecule has 0 unspecified atom stereocenters. The highest BCUT2D eigenvalue weighted by Crippen LogP contribution is 2.45. The van der Waals surface area contributed by atoms with E-state index in [1.807, 2.05) is 20.0 Å². The van der Waals surface area contributed by atoms with Gasteiger partial charge in [0.1, 0.15) is 17.8 Å². The Morgan fingerprint density at radius 3 is 2.45 bits per heavy atom. The highest BCUT2D eigenvalue weighted by Gasteiger charge is 2.54. The van der Waals surface area contributed by atoms with Crippen molar-refractivity contribution in [2.75, 3.05) is 109 Å². The molecule has 17 nitrogen and oxygen atoms in total. The van der Waals surface area contributed by atoms with Gasteiger partial charge in [0.15, 0.2) is 0 Å². The zero-order valence-electron chi connectivity index (χ0n) is 44.5. The van der Waals surface area contributed by atoms with Gasteiger partial charge in [0.2, 0.25) is 0 Å². The molecule has 2 N–H and O–H groups in total. The number of pyridine rings is 1. The number of carbonyl (C=O) groups excluding carboxylic acids is 3. The van der Waals surface area contributed by atoms with E-state index >= 15 is 0 Å². The quantitative estimate of drug-likeness (QED) is 0.201. The maximum absolute atomic E-state index is 14.9. The third kappa shape index (κ3) is 9.87. The Bertz CT molecular complexity index is 2590.